The molecule has 1 heterocycles. The van der Waals surface area contributed by atoms with Gasteiger partial charge in [-0.15, -0.1) is 11.3 Å². The molecule has 0 fully saturated rings. The SMILES string of the molecule is C=C(COc1cc2c(cc1I)C(C)(C)CCC2(C)C)c1cc(C(=O)O)cs1. The van der Waals surface area contributed by atoms with Gasteiger partial charge < -0.3 is 9.84 Å². The number of ether oxygens (including phenoxy) is 1. The number of fused-ring (bicyclic) bond motifs is 1. The van der Waals surface area contributed by atoms with E-state index in [1.165, 1.54) is 28.9 Å². The van der Waals surface area contributed by atoms with Gasteiger partial charge in [-0.25, -0.2) is 4.79 Å². The van der Waals surface area contributed by atoms with Gasteiger partial charge in [-0.05, 0) is 81.2 Å². The molecule has 27 heavy (non-hydrogen) atoms. The van der Waals surface area contributed by atoms with E-state index >= 15 is 0 Å². The molecule has 0 saturated carbocycles. The summed E-state index contributed by atoms with van der Waals surface area (Å²) in [6.45, 7) is 13.7. The van der Waals surface area contributed by atoms with Crippen LogP contribution in [-0.4, -0.2) is 17.7 Å². The van der Waals surface area contributed by atoms with Crippen LogP contribution in [0.25, 0.3) is 5.57 Å². The van der Waals surface area contributed by atoms with Crippen LogP contribution in [0.2, 0.25) is 0 Å². The van der Waals surface area contributed by atoms with E-state index in [-0.39, 0.29) is 10.8 Å². The fourth-order valence-corrected chi connectivity index (χ4v) is 5.01. The van der Waals surface area contributed by atoms with Crippen LogP contribution < -0.4 is 4.74 Å². The van der Waals surface area contributed by atoms with Gasteiger partial charge >= 0.3 is 5.97 Å². The summed E-state index contributed by atoms with van der Waals surface area (Å²) < 4.78 is 7.20. The smallest absolute Gasteiger partial charge is 0.336 e. The van der Waals surface area contributed by atoms with E-state index in [1.54, 1.807) is 11.4 Å². The van der Waals surface area contributed by atoms with Gasteiger partial charge in [0.25, 0.3) is 0 Å². The van der Waals surface area contributed by atoms with Crippen LogP contribution >= 0.6 is 33.9 Å². The Morgan fingerprint density at radius 1 is 1.19 bits per heavy atom. The summed E-state index contributed by atoms with van der Waals surface area (Å²) in [6.07, 6.45) is 2.34. The Morgan fingerprint density at radius 3 is 2.33 bits per heavy atom. The van der Waals surface area contributed by atoms with Crippen molar-refractivity contribution in [3.63, 3.8) is 0 Å². The monoisotopic (exact) mass is 496 g/mol. The van der Waals surface area contributed by atoms with Crippen LogP contribution in [0.4, 0.5) is 0 Å². The van der Waals surface area contributed by atoms with Crippen LogP contribution in [0.5, 0.6) is 5.75 Å². The van der Waals surface area contributed by atoms with Crippen LogP contribution in [0.15, 0.2) is 30.2 Å². The van der Waals surface area contributed by atoms with E-state index < -0.39 is 5.97 Å². The second kappa shape index (κ2) is 7.24. The Kier molecular flexibility index (Phi) is 5.47. The van der Waals surface area contributed by atoms with Crippen molar-refractivity contribution < 1.29 is 14.6 Å². The molecule has 0 atom stereocenters. The maximum Gasteiger partial charge on any atom is 0.336 e. The Hall–Kier alpha value is -1.34. The highest BCUT2D eigenvalue weighted by Gasteiger charge is 2.37. The Balaban J connectivity index is 1.83. The highest BCUT2D eigenvalue weighted by molar-refractivity contribution is 14.1. The zero-order chi connectivity index (χ0) is 20.0. The molecule has 1 aromatic heterocycles. The van der Waals surface area contributed by atoms with Gasteiger partial charge in [-0.1, -0.05) is 34.3 Å². The second-order valence-electron chi connectivity index (χ2n) is 8.49. The van der Waals surface area contributed by atoms with Gasteiger partial charge in [-0.3, -0.25) is 0 Å². The Bertz CT molecular complexity index is 908. The first kappa shape index (κ1) is 20.4. The lowest BCUT2D eigenvalue weighted by atomic mass is 9.63. The fourth-order valence-electron chi connectivity index (χ4n) is 3.55. The molecule has 5 heteroatoms. The van der Waals surface area contributed by atoms with Gasteiger partial charge in [0.1, 0.15) is 12.4 Å². The molecule has 1 aliphatic carbocycles. The molecule has 1 aliphatic rings. The third-order valence-electron chi connectivity index (χ3n) is 5.50. The number of carbonyl (C=O) groups is 1. The standard InChI is InChI=1S/C22H25IO3S/c1-13(19-8-14(12-27-19)20(24)25)11-26-18-10-16-15(9-17(18)23)21(2,3)6-7-22(16,4)5/h8-10,12H,1,6-7,11H2,2-5H3,(H,24,25). The van der Waals surface area contributed by atoms with Gasteiger partial charge in [0.05, 0.1) is 9.13 Å². The lowest BCUT2D eigenvalue weighted by Gasteiger charge is -2.42. The highest BCUT2D eigenvalue weighted by atomic mass is 127. The van der Waals surface area contributed by atoms with E-state index in [1.807, 2.05) is 0 Å². The molecule has 0 unspecified atom stereocenters. The summed E-state index contributed by atoms with van der Waals surface area (Å²) in [5, 5.41) is 10.7. The second-order valence-corrected chi connectivity index (χ2v) is 10.6. The Morgan fingerprint density at radius 2 is 1.78 bits per heavy atom. The third-order valence-corrected chi connectivity index (χ3v) is 7.38. The summed E-state index contributed by atoms with van der Waals surface area (Å²) in [6, 6.07) is 6.12. The molecule has 0 amide bonds. The number of hydrogen-bond donors (Lipinski definition) is 1. The lowest BCUT2D eigenvalue weighted by molar-refractivity contribution is 0.0697. The van der Waals surface area contributed by atoms with E-state index in [0.29, 0.717) is 12.2 Å². The van der Waals surface area contributed by atoms with Crippen LogP contribution in [-0.2, 0) is 10.8 Å². The predicted molar refractivity (Wildman–Crippen MR) is 120 cm³/mol. The zero-order valence-electron chi connectivity index (χ0n) is 16.2. The molecule has 1 N–H and O–H groups in total. The molecular formula is C22H25IO3S. The molecule has 3 nitrogen and oxygen atoms in total. The summed E-state index contributed by atoms with van der Waals surface area (Å²) in [4.78, 5) is 11.9. The molecule has 0 spiro atoms. The van der Waals surface area contributed by atoms with Gasteiger partial charge in [0.2, 0.25) is 0 Å². The molecule has 0 saturated heterocycles. The molecule has 0 bridgehead atoms. The van der Waals surface area contributed by atoms with Crippen molar-refractivity contribution in [2.75, 3.05) is 6.61 Å². The average molecular weight is 496 g/mol. The van der Waals surface area contributed by atoms with E-state index in [4.69, 9.17) is 9.84 Å². The number of carboxylic acid groups (broad SMARTS) is 1. The van der Waals surface area contributed by atoms with Gasteiger partial charge in [0, 0.05) is 10.3 Å². The number of thiophene rings is 1. The van der Waals surface area contributed by atoms with Crippen molar-refractivity contribution in [1.29, 1.82) is 0 Å². The quantitative estimate of drug-likeness (QED) is 0.482. The van der Waals surface area contributed by atoms with Gasteiger partial charge in [0.15, 0.2) is 0 Å². The molecule has 0 radical (unpaired) electrons. The van der Waals surface area contributed by atoms with Crippen molar-refractivity contribution in [3.05, 3.63) is 55.3 Å². The van der Waals surface area contributed by atoms with Crippen LogP contribution in [0.3, 0.4) is 0 Å². The van der Waals surface area contributed by atoms with Crippen molar-refractivity contribution in [2.45, 2.75) is 51.4 Å². The minimum absolute atomic E-state index is 0.133. The van der Waals surface area contributed by atoms with Crippen LogP contribution in [0, 0.1) is 3.57 Å². The molecular weight excluding hydrogens is 471 g/mol. The number of hydrogen-bond acceptors (Lipinski definition) is 3. The summed E-state index contributed by atoms with van der Waals surface area (Å²) in [7, 11) is 0. The normalized spacial score (nSPS) is 17.2. The summed E-state index contributed by atoms with van der Waals surface area (Å²) >= 11 is 3.72. The maximum absolute atomic E-state index is 11.1. The first-order valence-electron chi connectivity index (χ1n) is 8.98. The molecule has 0 aliphatic heterocycles. The third kappa shape index (κ3) is 4.09. The first-order chi connectivity index (χ1) is 12.5. The maximum atomic E-state index is 11.1. The van der Waals surface area contributed by atoms with Crippen molar-refractivity contribution in [2.24, 2.45) is 0 Å². The minimum atomic E-state index is -0.916. The number of rotatable bonds is 5. The topological polar surface area (TPSA) is 46.5 Å². The molecule has 1 aromatic carbocycles. The number of carboxylic acids is 1. The van der Waals surface area contributed by atoms with E-state index in [9.17, 15) is 4.79 Å². The van der Waals surface area contributed by atoms with Crippen LogP contribution in [0.1, 0.15) is 66.9 Å². The van der Waals surface area contributed by atoms with Crippen molar-refractivity contribution >= 4 is 45.5 Å². The first-order valence-corrected chi connectivity index (χ1v) is 10.9. The van der Waals surface area contributed by atoms with Crippen molar-refractivity contribution in [1.82, 2.24) is 0 Å². The van der Waals surface area contributed by atoms with E-state index in [2.05, 4.69) is 69.0 Å². The van der Waals surface area contributed by atoms with Gasteiger partial charge in [-0.2, -0.15) is 0 Å². The average Bonchev–Trinajstić information content (AvgIpc) is 3.08. The number of benzene rings is 1. The largest absolute Gasteiger partial charge is 0.488 e. The Labute approximate surface area is 178 Å². The summed E-state index contributed by atoms with van der Waals surface area (Å²) in [5.74, 6) is -0.0448. The molecule has 2 aromatic rings. The summed E-state index contributed by atoms with van der Waals surface area (Å²) in [5.41, 5.74) is 4.18. The minimum Gasteiger partial charge on any atom is -0.488 e. The van der Waals surface area contributed by atoms with Crippen molar-refractivity contribution in [3.8, 4) is 5.75 Å². The number of halogens is 1. The predicted octanol–water partition coefficient (Wildman–Crippen LogP) is 6.49. The lowest BCUT2D eigenvalue weighted by Crippen LogP contribution is -2.34. The molecule has 144 valence electrons. The zero-order valence-corrected chi connectivity index (χ0v) is 19.2. The highest BCUT2D eigenvalue weighted by Crippen LogP contribution is 2.47. The molecule has 3 rings (SSSR count). The van der Waals surface area contributed by atoms with E-state index in [0.717, 1.165) is 26.2 Å². The number of aromatic carboxylic acids is 1. The fraction of sp³-hybridized carbons (Fsp3) is 0.409.